The van der Waals surface area contributed by atoms with Crippen LogP contribution >= 0.6 is 0 Å². The number of aromatic nitrogens is 2. The Morgan fingerprint density at radius 3 is 2.53 bits per heavy atom. The first-order valence-electron chi connectivity index (χ1n) is 10.9. The molecule has 0 aliphatic rings. The van der Waals surface area contributed by atoms with E-state index >= 15 is 0 Å². The molecule has 36 heavy (non-hydrogen) atoms. The predicted octanol–water partition coefficient (Wildman–Crippen LogP) is 6.49. The average Bonchev–Trinajstić information content (AvgIpc) is 2.84. The van der Waals surface area contributed by atoms with Crippen molar-refractivity contribution >= 4 is 23.1 Å². The number of nitrogens with zero attached hydrogens (tertiary/aromatic N) is 2. The smallest absolute Gasteiger partial charge is 0.417 e. The van der Waals surface area contributed by atoms with Gasteiger partial charge in [-0.05, 0) is 48.7 Å². The van der Waals surface area contributed by atoms with E-state index in [1.54, 1.807) is 12.2 Å². The van der Waals surface area contributed by atoms with Crippen molar-refractivity contribution in [1.82, 2.24) is 9.97 Å². The lowest BCUT2D eigenvalue weighted by atomic mass is 10.1. The molecule has 2 heterocycles. The zero-order valence-electron chi connectivity index (χ0n) is 19.5. The van der Waals surface area contributed by atoms with E-state index in [9.17, 15) is 22.4 Å². The van der Waals surface area contributed by atoms with Gasteiger partial charge in [0.1, 0.15) is 11.6 Å². The highest BCUT2D eigenvalue weighted by molar-refractivity contribution is 6.08. The summed E-state index contributed by atoms with van der Waals surface area (Å²) in [5, 5.41) is 5.49. The summed E-state index contributed by atoms with van der Waals surface area (Å²) in [7, 11) is 1.43. The Balaban J connectivity index is 2.03. The number of anilines is 3. The first-order valence-corrected chi connectivity index (χ1v) is 10.9. The zero-order chi connectivity index (χ0) is 26.3. The van der Waals surface area contributed by atoms with E-state index in [4.69, 9.17) is 4.74 Å². The number of halogens is 4. The van der Waals surface area contributed by atoms with Crippen LogP contribution in [-0.2, 0) is 19.0 Å². The van der Waals surface area contributed by atoms with Crippen molar-refractivity contribution in [3.8, 4) is 5.88 Å². The van der Waals surface area contributed by atoms with E-state index in [0.717, 1.165) is 0 Å². The van der Waals surface area contributed by atoms with Gasteiger partial charge in [0.15, 0.2) is 0 Å². The summed E-state index contributed by atoms with van der Waals surface area (Å²) < 4.78 is 59.2. The van der Waals surface area contributed by atoms with Crippen LogP contribution in [0.15, 0.2) is 67.9 Å². The molecular weight excluding hydrogens is 476 g/mol. The number of benzene rings is 1. The molecule has 3 rings (SSSR count). The third kappa shape index (κ3) is 6.47. The topological polar surface area (TPSA) is 76.1 Å². The molecule has 10 heteroatoms. The quantitative estimate of drug-likeness (QED) is 0.246. The number of carbonyl (C=O) groups excluding carboxylic acids is 1. The number of alkyl halides is 3. The Hall–Kier alpha value is -4.21. The van der Waals surface area contributed by atoms with Gasteiger partial charge in [-0.3, -0.25) is 4.79 Å². The second-order valence-electron chi connectivity index (χ2n) is 7.67. The number of rotatable bonds is 10. The second kappa shape index (κ2) is 11.5. The second-order valence-corrected chi connectivity index (χ2v) is 7.67. The van der Waals surface area contributed by atoms with Crippen molar-refractivity contribution in [2.24, 2.45) is 0 Å². The fourth-order valence-corrected chi connectivity index (χ4v) is 3.36. The Bertz CT molecular complexity index is 1280. The van der Waals surface area contributed by atoms with Gasteiger partial charge in [-0.2, -0.15) is 13.2 Å². The van der Waals surface area contributed by atoms with Gasteiger partial charge in [0.25, 0.3) is 5.91 Å². The van der Waals surface area contributed by atoms with Gasteiger partial charge < -0.3 is 15.4 Å². The maximum Gasteiger partial charge on any atom is 0.417 e. The van der Waals surface area contributed by atoms with Gasteiger partial charge in [0.2, 0.25) is 5.88 Å². The van der Waals surface area contributed by atoms with Gasteiger partial charge in [0, 0.05) is 24.4 Å². The SMILES string of the molecule is C=CCCc1cc(F)ccc1Nc1ncc(C(F)(F)F)cc1C(=O)Nc1ccc(OC)nc1CC=C. The lowest BCUT2D eigenvalue weighted by molar-refractivity contribution is -0.137. The molecular formula is C26H24F4N4O2. The van der Waals surface area contributed by atoms with Crippen LogP contribution in [0.4, 0.5) is 34.8 Å². The lowest BCUT2D eigenvalue weighted by Gasteiger charge is -2.17. The molecule has 3 aromatic rings. The number of hydrogen-bond acceptors (Lipinski definition) is 5. The van der Waals surface area contributed by atoms with E-state index in [1.165, 1.54) is 37.4 Å². The summed E-state index contributed by atoms with van der Waals surface area (Å²) in [5.74, 6) is -1.14. The summed E-state index contributed by atoms with van der Waals surface area (Å²) in [6.45, 7) is 7.30. The molecule has 0 saturated carbocycles. The maximum absolute atomic E-state index is 13.8. The van der Waals surface area contributed by atoms with Crippen LogP contribution < -0.4 is 15.4 Å². The molecule has 0 spiro atoms. The van der Waals surface area contributed by atoms with Crippen LogP contribution in [0.3, 0.4) is 0 Å². The van der Waals surface area contributed by atoms with E-state index in [0.29, 0.717) is 47.9 Å². The molecule has 1 aromatic carbocycles. The third-order valence-corrected chi connectivity index (χ3v) is 5.14. The van der Waals surface area contributed by atoms with Gasteiger partial charge in [0.05, 0.1) is 29.6 Å². The lowest BCUT2D eigenvalue weighted by Crippen LogP contribution is -2.18. The third-order valence-electron chi connectivity index (χ3n) is 5.14. The minimum atomic E-state index is -4.72. The first kappa shape index (κ1) is 26.4. The molecule has 2 N–H and O–H groups in total. The minimum Gasteiger partial charge on any atom is -0.481 e. The number of carbonyl (C=O) groups is 1. The Morgan fingerprint density at radius 2 is 1.86 bits per heavy atom. The number of hydrogen-bond donors (Lipinski definition) is 2. The largest absolute Gasteiger partial charge is 0.481 e. The van der Waals surface area contributed by atoms with Gasteiger partial charge in [-0.15, -0.1) is 13.2 Å². The monoisotopic (exact) mass is 500 g/mol. The molecule has 0 fully saturated rings. The van der Waals surface area contributed by atoms with Crippen molar-refractivity contribution < 1.29 is 27.1 Å². The Morgan fingerprint density at radius 1 is 1.11 bits per heavy atom. The molecule has 0 bridgehead atoms. The van der Waals surface area contributed by atoms with Gasteiger partial charge >= 0.3 is 6.18 Å². The molecule has 6 nitrogen and oxygen atoms in total. The summed E-state index contributed by atoms with van der Waals surface area (Å²) in [5.41, 5.74) is 0.191. The van der Waals surface area contributed by atoms with Crippen LogP contribution in [-0.4, -0.2) is 23.0 Å². The van der Waals surface area contributed by atoms with E-state index < -0.39 is 23.5 Å². The molecule has 0 aliphatic heterocycles. The number of ether oxygens (including phenoxy) is 1. The van der Waals surface area contributed by atoms with Crippen LogP contribution in [0.2, 0.25) is 0 Å². The molecule has 2 aromatic heterocycles. The number of amides is 1. The zero-order valence-corrected chi connectivity index (χ0v) is 19.5. The highest BCUT2D eigenvalue weighted by Gasteiger charge is 2.33. The van der Waals surface area contributed by atoms with Crippen molar-refractivity contribution in [1.29, 1.82) is 0 Å². The van der Waals surface area contributed by atoms with Crippen LogP contribution in [0.1, 0.15) is 33.6 Å². The number of methoxy groups -OCH3 is 1. The van der Waals surface area contributed by atoms with Crippen molar-refractivity contribution in [2.75, 3.05) is 17.7 Å². The molecule has 0 aliphatic carbocycles. The maximum atomic E-state index is 13.8. The Kier molecular flexibility index (Phi) is 8.42. The standard InChI is InChI=1S/C26H24F4N4O2/c1-4-6-8-16-13-18(27)9-10-20(16)33-24-19(14-17(15-31-24)26(28,29)30)25(35)34-22-11-12-23(36-3)32-21(22)7-5-2/h4-5,9-15H,1-2,6-8H2,3H3,(H,31,33)(H,34,35). The average molecular weight is 500 g/mol. The molecule has 1 amide bonds. The molecule has 0 atom stereocenters. The van der Waals surface area contributed by atoms with E-state index in [1.807, 2.05) is 0 Å². The number of aryl methyl sites for hydroxylation is 1. The number of pyridine rings is 2. The summed E-state index contributed by atoms with van der Waals surface area (Å²) in [6.07, 6.45) is 0.381. The van der Waals surface area contributed by atoms with Crippen molar-refractivity contribution in [3.63, 3.8) is 0 Å². The number of allylic oxidation sites excluding steroid dienone is 2. The first-order chi connectivity index (χ1) is 17.2. The molecule has 0 unspecified atom stereocenters. The molecule has 0 radical (unpaired) electrons. The van der Waals surface area contributed by atoms with Gasteiger partial charge in [-0.25, -0.2) is 14.4 Å². The highest BCUT2D eigenvalue weighted by Crippen LogP contribution is 2.33. The van der Waals surface area contributed by atoms with Crippen molar-refractivity contribution in [3.05, 3.63) is 96.1 Å². The van der Waals surface area contributed by atoms with E-state index in [2.05, 4.69) is 33.8 Å². The van der Waals surface area contributed by atoms with Crippen LogP contribution in [0.25, 0.3) is 0 Å². The predicted molar refractivity (Wildman–Crippen MR) is 130 cm³/mol. The van der Waals surface area contributed by atoms with Gasteiger partial charge in [-0.1, -0.05) is 12.2 Å². The summed E-state index contributed by atoms with van der Waals surface area (Å²) in [4.78, 5) is 21.3. The van der Waals surface area contributed by atoms with Crippen LogP contribution in [0, 0.1) is 5.82 Å². The fourth-order valence-electron chi connectivity index (χ4n) is 3.36. The van der Waals surface area contributed by atoms with E-state index in [-0.39, 0.29) is 23.5 Å². The fraction of sp³-hybridized carbons (Fsp3) is 0.192. The number of nitrogens with one attached hydrogen (secondary N) is 2. The molecule has 188 valence electrons. The van der Waals surface area contributed by atoms with Crippen molar-refractivity contribution in [2.45, 2.75) is 25.4 Å². The summed E-state index contributed by atoms with van der Waals surface area (Å²) in [6, 6.07) is 7.70. The normalized spacial score (nSPS) is 11.0. The highest BCUT2D eigenvalue weighted by atomic mass is 19.4. The summed E-state index contributed by atoms with van der Waals surface area (Å²) >= 11 is 0. The Labute approximate surface area is 205 Å². The van der Waals surface area contributed by atoms with Crippen LogP contribution in [0.5, 0.6) is 5.88 Å². The molecule has 0 saturated heterocycles. The minimum absolute atomic E-state index is 0.126.